The molecule has 0 heterocycles. The first-order valence-electron chi connectivity index (χ1n) is 11.4. The molecule has 0 nitrogen and oxygen atoms in total. The molecule has 3 saturated carbocycles. The Balaban J connectivity index is 1.24. The average Bonchev–Trinajstić information content (AvgIpc) is 2.71. The highest BCUT2D eigenvalue weighted by Gasteiger charge is 2.35. The zero-order chi connectivity index (χ0) is 18.8. The van der Waals surface area contributed by atoms with Gasteiger partial charge in [0.2, 0.25) is 0 Å². The molecule has 0 aliphatic heterocycles. The minimum absolute atomic E-state index is 0.0341. The van der Waals surface area contributed by atoms with E-state index < -0.39 is 0 Å². The van der Waals surface area contributed by atoms with Crippen molar-refractivity contribution in [2.24, 2.45) is 11.8 Å². The van der Waals surface area contributed by atoms with Gasteiger partial charge in [0, 0.05) is 0 Å². The van der Waals surface area contributed by atoms with E-state index in [1.807, 2.05) is 24.8 Å². The third kappa shape index (κ3) is 4.60. The first-order valence-corrected chi connectivity index (χ1v) is 11.4. The van der Waals surface area contributed by atoms with Crippen LogP contribution >= 0.6 is 0 Å². The summed E-state index contributed by atoms with van der Waals surface area (Å²) in [6.07, 6.45) is 16.2. The van der Waals surface area contributed by atoms with Crippen molar-refractivity contribution in [2.45, 2.75) is 96.8 Å². The second-order valence-electron chi connectivity index (χ2n) is 9.61. The molecule has 3 aliphatic carbocycles. The summed E-state index contributed by atoms with van der Waals surface area (Å²) < 4.78 is 13.9. The fraction of sp³-hybridized carbons (Fsp3) is 0.654. The monoisotopic (exact) mass is 367 g/mol. The molecule has 1 heteroatoms. The van der Waals surface area contributed by atoms with Gasteiger partial charge in [-0.2, -0.15) is 0 Å². The van der Waals surface area contributed by atoms with E-state index in [2.05, 4.69) is 13.0 Å². The highest BCUT2D eigenvalue weighted by Crippen LogP contribution is 2.48. The average molecular weight is 368 g/mol. The van der Waals surface area contributed by atoms with Crippen LogP contribution in [0.15, 0.2) is 18.2 Å². The molecule has 0 aromatic heterocycles. The van der Waals surface area contributed by atoms with Crippen molar-refractivity contribution < 1.29 is 4.39 Å². The Labute approximate surface area is 166 Å². The van der Waals surface area contributed by atoms with Gasteiger partial charge in [-0.05, 0) is 137 Å². The Morgan fingerprint density at radius 1 is 0.667 bits per heavy atom. The maximum atomic E-state index is 13.9. The first-order chi connectivity index (χ1) is 13.1. The first kappa shape index (κ1) is 19.5. The molecule has 0 unspecified atom stereocenters. The number of benzene rings is 1. The highest BCUT2D eigenvalue weighted by molar-refractivity contribution is 5.27. The van der Waals surface area contributed by atoms with Gasteiger partial charge in [0.15, 0.2) is 0 Å². The number of aryl methyl sites for hydroxylation is 1. The zero-order valence-corrected chi connectivity index (χ0v) is 17.3. The lowest BCUT2D eigenvalue weighted by Gasteiger charge is -2.40. The summed E-state index contributed by atoms with van der Waals surface area (Å²) in [5.41, 5.74) is 1.99. The van der Waals surface area contributed by atoms with Crippen LogP contribution in [0.2, 0.25) is 0 Å². The summed E-state index contributed by atoms with van der Waals surface area (Å²) in [7, 11) is 0. The van der Waals surface area contributed by atoms with Gasteiger partial charge in [0.1, 0.15) is 5.82 Å². The molecule has 0 N–H and O–H groups in total. The van der Waals surface area contributed by atoms with E-state index in [1.54, 1.807) is 12.0 Å². The van der Waals surface area contributed by atoms with E-state index in [0.29, 0.717) is 5.92 Å². The van der Waals surface area contributed by atoms with Crippen LogP contribution in [-0.2, 0) is 0 Å². The lowest BCUT2D eigenvalue weighted by molar-refractivity contribution is 0.277. The normalized spacial score (nSPS) is 25.9. The van der Waals surface area contributed by atoms with Gasteiger partial charge in [-0.1, -0.05) is 19.1 Å². The Bertz CT molecular complexity index is 597. The van der Waals surface area contributed by atoms with Crippen molar-refractivity contribution in [3.8, 4) is 0 Å². The van der Waals surface area contributed by atoms with Gasteiger partial charge in [-0.25, -0.2) is 4.39 Å². The van der Waals surface area contributed by atoms with Crippen LogP contribution in [0.25, 0.3) is 0 Å². The number of hydrogen-bond donors (Lipinski definition) is 0. The van der Waals surface area contributed by atoms with Crippen LogP contribution < -0.4 is 0 Å². The van der Waals surface area contributed by atoms with Crippen molar-refractivity contribution in [3.05, 3.63) is 52.9 Å². The van der Waals surface area contributed by atoms with Gasteiger partial charge in [-0.3, -0.25) is 0 Å². The minimum atomic E-state index is -0.0341. The maximum Gasteiger partial charge on any atom is 0.126 e. The van der Waals surface area contributed by atoms with Crippen molar-refractivity contribution in [3.63, 3.8) is 0 Å². The van der Waals surface area contributed by atoms with Gasteiger partial charge in [0.25, 0.3) is 0 Å². The van der Waals surface area contributed by atoms with Crippen LogP contribution in [0, 0.1) is 42.3 Å². The largest absolute Gasteiger partial charge is 0.207 e. The Morgan fingerprint density at radius 3 is 1.67 bits per heavy atom. The Kier molecular flexibility index (Phi) is 6.25. The van der Waals surface area contributed by atoms with E-state index >= 15 is 0 Å². The molecule has 147 valence electrons. The van der Waals surface area contributed by atoms with Crippen LogP contribution in [-0.4, -0.2) is 0 Å². The standard InChI is InChI=1S/C26H36F/c1-18-3-6-20(7-4-18)21-9-11-22(12-10-21)23-13-15-24(16-14-23)25-8-5-19(2)26(27)17-25/h5,8,17,20,22,24H,3-4,6-7,9-16H2,1-2H3. The fourth-order valence-corrected chi connectivity index (χ4v) is 5.92. The molecule has 0 bridgehead atoms. The molecule has 0 amide bonds. The summed E-state index contributed by atoms with van der Waals surface area (Å²) in [6, 6.07) is 5.89. The Morgan fingerprint density at radius 2 is 1.15 bits per heavy atom. The van der Waals surface area contributed by atoms with Gasteiger partial charge in [-0.15, -0.1) is 0 Å². The SMILES string of the molecule is C[C]1CCC([C]2CCC([C]3CCC(c4ccc(C)c(F)c4)CC3)CC2)CC1. The Hall–Kier alpha value is -0.850. The summed E-state index contributed by atoms with van der Waals surface area (Å²) in [5.74, 6) is 7.81. The molecular weight excluding hydrogens is 331 g/mol. The molecule has 0 saturated heterocycles. The summed E-state index contributed by atoms with van der Waals surface area (Å²) >= 11 is 0. The molecule has 3 radical (unpaired) electrons. The van der Waals surface area contributed by atoms with E-state index in [1.165, 1.54) is 82.6 Å². The number of rotatable bonds is 3. The van der Waals surface area contributed by atoms with Crippen LogP contribution in [0.3, 0.4) is 0 Å². The third-order valence-corrected chi connectivity index (χ3v) is 7.92. The smallest absolute Gasteiger partial charge is 0.126 e. The summed E-state index contributed by atoms with van der Waals surface area (Å²) in [6.45, 7) is 4.20. The van der Waals surface area contributed by atoms with Crippen molar-refractivity contribution in [1.82, 2.24) is 0 Å². The van der Waals surface area contributed by atoms with Crippen LogP contribution in [0.5, 0.6) is 0 Å². The van der Waals surface area contributed by atoms with E-state index in [4.69, 9.17) is 0 Å². The molecular formula is C26H36F. The number of hydrogen-bond acceptors (Lipinski definition) is 0. The molecule has 1 aromatic rings. The van der Waals surface area contributed by atoms with Gasteiger partial charge in [0.05, 0.1) is 0 Å². The molecule has 1 aromatic carbocycles. The van der Waals surface area contributed by atoms with E-state index in [9.17, 15) is 4.39 Å². The fourth-order valence-electron chi connectivity index (χ4n) is 5.92. The lowest BCUT2D eigenvalue weighted by Crippen LogP contribution is -2.27. The molecule has 3 fully saturated rings. The lowest BCUT2D eigenvalue weighted by atomic mass is 9.65. The van der Waals surface area contributed by atoms with Crippen molar-refractivity contribution in [1.29, 1.82) is 0 Å². The quantitative estimate of drug-likeness (QED) is 0.509. The molecule has 4 rings (SSSR count). The summed E-state index contributed by atoms with van der Waals surface area (Å²) in [4.78, 5) is 0. The topological polar surface area (TPSA) is 0 Å². The predicted molar refractivity (Wildman–Crippen MR) is 112 cm³/mol. The second-order valence-corrected chi connectivity index (χ2v) is 9.61. The minimum Gasteiger partial charge on any atom is -0.207 e. The summed E-state index contributed by atoms with van der Waals surface area (Å²) in [5, 5.41) is 0. The van der Waals surface area contributed by atoms with Gasteiger partial charge >= 0.3 is 0 Å². The number of halogens is 1. The predicted octanol–water partition coefficient (Wildman–Crippen LogP) is 7.92. The molecule has 3 aliphatic rings. The second kappa shape index (κ2) is 8.66. The van der Waals surface area contributed by atoms with Crippen molar-refractivity contribution in [2.75, 3.05) is 0 Å². The molecule has 27 heavy (non-hydrogen) atoms. The van der Waals surface area contributed by atoms with E-state index in [0.717, 1.165) is 17.4 Å². The molecule has 0 atom stereocenters. The third-order valence-electron chi connectivity index (χ3n) is 7.92. The van der Waals surface area contributed by atoms with Crippen LogP contribution in [0.4, 0.5) is 4.39 Å². The molecule has 0 spiro atoms. The van der Waals surface area contributed by atoms with Crippen LogP contribution in [0.1, 0.15) is 101 Å². The highest BCUT2D eigenvalue weighted by atomic mass is 19.1. The van der Waals surface area contributed by atoms with E-state index in [-0.39, 0.29) is 5.82 Å². The maximum absolute atomic E-state index is 13.9. The van der Waals surface area contributed by atoms with Gasteiger partial charge < -0.3 is 0 Å². The zero-order valence-electron chi connectivity index (χ0n) is 17.3. The van der Waals surface area contributed by atoms with Crippen molar-refractivity contribution >= 4 is 0 Å².